The molecule has 1 aliphatic rings. The zero-order chi connectivity index (χ0) is 24.1. The lowest BCUT2D eigenvalue weighted by molar-refractivity contribution is -0.127. The van der Waals surface area contributed by atoms with Crippen molar-refractivity contribution in [3.05, 3.63) is 87.9 Å². The molecule has 0 radical (unpaired) electrons. The Balaban J connectivity index is 1.36. The van der Waals surface area contributed by atoms with Gasteiger partial charge in [-0.3, -0.25) is 14.4 Å². The maximum absolute atomic E-state index is 13.3. The van der Waals surface area contributed by atoms with Gasteiger partial charge in [0.1, 0.15) is 5.82 Å². The van der Waals surface area contributed by atoms with E-state index >= 15 is 0 Å². The van der Waals surface area contributed by atoms with E-state index in [0.717, 1.165) is 16.1 Å². The van der Waals surface area contributed by atoms with Crippen LogP contribution in [0.25, 0.3) is 0 Å². The molecule has 4 rings (SSSR count). The highest BCUT2D eigenvalue weighted by atomic mass is 32.1. The molecule has 2 aromatic carbocycles. The van der Waals surface area contributed by atoms with Crippen molar-refractivity contribution in [1.29, 1.82) is 0 Å². The van der Waals surface area contributed by atoms with E-state index < -0.39 is 5.92 Å². The molecule has 2 atom stereocenters. The molecule has 0 bridgehead atoms. The molecule has 2 unspecified atom stereocenters. The minimum absolute atomic E-state index is 0.0643. The van der Waals surface area contributed by atoms with Crippen molar-refractivity contribution in [2.24, 2.45) is 5.92 Å². The van der Waals surface area contributed by atoms with Gasteiger partial charge in [-0.1, -0.05) is 35.9 Å². The molecule has 2 heterocycles. The van der Waals surface area contributed by atoms with Crippen LogP contribution in [0.5, 0.6) is 0 Å². The van der Waals surface area contributed by atoms with Crippen LogP contribution in [-0.4, -0.2) is 30.8 Å². The number of amides is 3. The molecule has 0 aliphatic carbocycles. The summed E-state index contributed by atoms with van der Waals surface area (Å²) in [6.45, 7) is 2.46. The first-order chi connectivity index (χ1) is 16.4. The Labute approximate surface area is 201 Å². The van der Waals surface area contributed by atoms with E-state index in [2.05, 4.69) is 10.6 Å². The van der Waals surface area contributed by atoms with Crippen LogP contribution in [0.3, 0.4) is 0 Å². The number of nitrogens with one attached hydrogen (secondary N) is 2. The first kappa shape index (κ1) is 23.6. The molecule has 3 amide bonds. The number of halogens is 1. The smallest absolute Gasteiger partial charge is 0.228 e. The zero-order valence-electron chi connectivity index (χ0n) is 18.8. The predicted molar refractivity (Wildman–Crippen MR) is 130 cm³/mol. The lowest BCUT2D eigenvalue weighted by Gasteiger charge is -2.27. The minimum atomic E-state index is -0.532. The largest absolute Gasteiger partial charge is 0.354 e. The molecule has 2 N–H and O–H groups in total. The van der Waals surface area contributed by atoms with Gasteiger partial charge in [-0.15, -0.1) is 11.3 Å². The lowest BCUT2D eigenvalue weighted by atomic mass is 9.97. The van der Waals surface area contributed by atoms with E-state index in [0.29, 0.717) is 5.56 Å². The molecular weight excluding hydrogens is 453 g/mol. The fourth-order valence-electron chi connectivity index (χ4n) is 4.18. The second-order valence-electron chi connectivity index (χ2n) is 8.32. The lowest BCUT2D eigenvalue weighted by Crippen LogP contribution is -2.39. The highest BCUT2D eigenvalue weighted by Gasteiger charge is 2.45. The Bertz CT molecular complexity index is 1160. The summed E-state index contributed by atoms with van der Waals surface area (Å²) in [6.07, 6.45) is 0.184. The maximum Gasteiger partial charge on any atom is 0.228 e. The van der Waals surface area contributed by atoms with E-state index in [9.17, 15) is 18.8 Å². The Kier molecular flexibility index (Phi) is 7.37. The van der Waals surface area contributed by atoms with E-state index in [-0.39, 0.29) is 55.5 Å². The number of carbonyl (C=O) groups is 3. The number of hydrogen-bond donors (Lipinski definition) is 2. The molecule has 0 saturated carbocycles. The van der Waals surface area contributed by atoms with E-state index in [4.69, 9.17) is 0 Å². The normalized spacial score (nSPS) is 17.6. The van der Waals surface area contributed by atoms with Crippen LogP contribution in [-0.2, 0) is 20.8 Å². The SMILES string of the molecule is Cc1ccc(N2C(=O)CC(C(=O)NCCNC(=O)Cc3cccc(F)c3)C2c2cccs2)cc1. The van der Waals surface area contributed by atoms with Gasteiger partial charge >= 0.3 is 0 Å². The fraction of sp³-hybridized carbons (Fsp3) is 0.269. The number of anilines is 1. The summed E-state index contributed by atoms with van der Waals surface area (Å²) in [6, 6.07) is 17.1. The van der Waals surface area contributed by atoms with Gasteiger partial charge in [-0.05, 0) is 48.2 Å². The number of nitrogens with zero attached hydrogens (tertiary/aromatic N) is 1. The van der Waals surface area contributed by atoms with Crippen molar-refractivity contribution in [2.45, 2.75) is 25.8 Å². The number of carbonyl (C=O) groups excluding carboxylic acids is 3. The van der Waals surface area contributed by atoms with Crippen molar-refractivity contribution in [3.63, 3.8) is 0 Å². The molecule has 6 nitrogen and oxygen atoms in total. The Hall–Kier alpha value is -3.52. The monoisotopic (exact) mass is 479 g/mol. The number of thiophene rings is 1. The number of aryl methyl sites for hydroxylation is 1. The molecule has 1 aliphatic heterocycles. The fourth-order valence-corrected chi connectivity index (χ4v) is 5.06. The van der Waals surface area contributed by atoms with Gasteiger partial charge in [0.2, 0.25) is 17.7 Å². The summed E-state index contributed by atoms with van der Waals surface area (Å²) in [4.78, 5) is 40.8. The molecule has 1 aromatic heterocycles. The van der Waals surface area contributed by atoms with E-state index in [1.54, 1.807) is 17.0 Å². The van der Waals surface area contributed by atoms with Crippen LogP contribution in [0.15, 0.2) is 66.0 Å². The van der Waals surface area contributed by atoms with Crippen molar-refractivity contribution >= 4 is 34.7 Å². The summed E-state index contributed by atoms with van der Waals surface area (Å²) in [5.41, 5.74) is 2.45. The van der Waals surface area contributed by atoms with Crippen LogP contribution in [0.4, 0.5) is 10.1 Å². The zero-order valence-corrected chi connectivity index (χ0v) is 19.6. The number of benzene rings is 2. The average Bonchev–Trinajstić information content (AvgIpc) is 3.45. The van der Waals surface area contributed by atoms with Gasteiger partial charge in [-0.2, -0.15) is 0 Å². The predicted octanol–water partition coefficient (Wildman–Crippen LogP) is 3.76. The third kappa shape index (κ3) is 5.51. The van der Waals surface area contributed by atoms with Crippen molar-refractivity contribution in [2.75, 3.05) is 18.0 Å². The Morgan fingerprint density at radius 1 is 1.06 bits per heavy atom. The van der Waals surface area contributed by atoms with Crippen LogP contribution < -0.4 is 15.5 Å². The Morgan fingerprint density at radius 3 is 2.53 bits per heavy atom. The molecule has 1 saturated heterocycles. The quantitative estimate of drug-likeness (QED) is 0.483. The van der Waals surface area contributed by atoms with Gasteiger partial charge in [0.25, 0.3) is 0 Å². The summed E-state index contributed by atoms with van der Waals surface area (Å²) in [5, 5.41) is 7.53. The summed E-state index contributed by atoms with van der Waals surface area (Å²) in [7, 11) is 0. The molecule has 0 spiro atoms. The molecule has 8 heteroatoms. The summed E-state index contributed by atoms with van der Waals surface area (Å²) >= 11 is 1.52. The van der Waals surface area contributed by atoms with Gasteiger partial charge in [0.15, 0.2) is 0 Å². The third-order valence-electron chi connectivity index (χ3n) is 5.81. The second-order valence-corrected chi connectivity index (χ2v) is 9.30. The number of hydrogen-bond acceptors (Lipinski definition) is 4. The molecular formula is C26H26FN3O3S. The average molecular weight is 480 g/mol. The molecule has 176 valence electrons. The van der Waals surface area contributed by atoms with Crippen LogP contribution in [0, 0.1) is 18.7 Å². The topological polar surface area (TPSA) is 78.5 Å². The first-order valence-corrected chi connectivity index (χ1v) is 12.0. The highest BCUT2D eigenvalue weighted by molar-refractivity contribution is 7.10. The van der Waals surface area contributed by atoms with Crippen molar-refractivity contribution < 1.29 is 18.8 Å². The van der Waals surface area contributed by atoms with Gasteiger partial charge < -0.3 is 15.5 Å². The van der Waals surface area contributed by atoms with Crippen LogP contribution in [0.2, 0.25) is 0 Å². The van der Waals surface area contributed by atoms with Crippen molar-refractivity contribution in [3.8, 4) is 0 Å². The van der Waals surface area contributed by atoms with E-state index in [1.807, 2.05) is 48.7 Å². The molecule has 1 fully saturated rings. The van der Waals surface area contributed by atoms with E-state index in [1.165, 1.54) is 23.5 Å². The van der Waals surface area contributed by atoms with Crippen molar-refractivity contribution in [1.82, 2.24) is 10.6 Å². The summed E-state index contributed by atoms with van der Waals surface area (Å²) in [5.74, 6) is -1.48. The van der Waals surface area contributed by atoms with Gasteiger partial charge in [0.05, 0.1) is 18.4 Å². The minimum Gasteiger partial charge on any atom is -0.354 e. The maximum atomic E-state index is 13.3. The molecule has 34 heavy (non-hydrogen) atoms. The number of rotatable bonds is 8. The summed E-state index contributed by atoms with van der Waals surface area (Å²) < 4.78 is 13.3. The van der Waals surface area contributed by atoms with Gasteiger partial charge in [-0.25, -0.2) is 4.39 Å². The van der Waals surface area contributed by atoms with Crippen LogP contribution in [0.1, 0.15) is 28.5 Å². The third-order valence-corrected chi connectivity index (χ3v) is 6.75. The highest BCUT2D eigenvalue weighted by Crippen LogP contribution is 2.43. The Morgan fingerprint density at radius 2 is 1.82 bits per heavy atom. The molecule has 3 aromatic rings. The first-order valence-electron chi connectivity index (χ1n) is 11.1. The second kappa shape index (κ2) is 10.6. The van der Waals surface area contributed by atoms with Gasteiger partial charge in [0, 0.05) is 30.1 Å². The van der Waals surface area contributed by atoms with Crippen LogP contribution >= 0.6 is 11.3 Å². The standard InChI is InChI=1S/C26H26FN3O3S/c1-17-7-9-20(10-8-17)30-24(32)16-21(25(30)22-6-3-13-34-22)26(33)29-12-11-28-23(31)15-18-4-2-5-19(27)14-18/h2-10,13-14,21,25H,11-12,15-16H2,1H3,(H,28,31)(H,29,33).